The Bertz CT molecular complexity index is 871. The van der Waals surface area contributed by atoms with Crippen molar-refractivity contribution in [2.24, 2.45) is 0 Å². The molecule has 0 fully saturated rings. The van der Waals surface area contributed by atoms with Crippen molar-refractivity contribution in [1.29, 1.82) is 0 Å². The number of carbonyl (C=O) groups is 1. The molecular weight excluding hydrogens is 281 g/mol. The van der Waals surface area contributed by atoms with Gasteiger partial charge in [0.05, 0.1) is 11.3 Å². The van der Waals surface area contributed by atoms with E-state index < -0.39 is 28.8 Å². The summed E-state index contributed by atoms with van der Waals surface area (Å²) >= 11 is 0. The van der Waals surface area contributed by atoms with Crippen LogP contribution in [0.15, 0.2) is 36.5 Å². The maximum absolute atomic E-state index is 13.9. The van der Waals surface area contributed by atoms with Crippen LogP contribution in [-0.2, 0) is 0 Å². The number of halogens is 3. The van der Waals surface area contributed by atoms with Gasteiger partial charge in [-0.25, -0.2) is 13.2 Å². The molecule has 0 aliphatic rings. The molecule has 0 unspecified atom stereocenters. The zero-order valence-corrected chi connectivity index (χ0v) is 10.6. The number of hydrogen-bond donors (Lipinski definition) is 2. The SMILES string of the molecule is Nc1ccc(F)c(C(=O)c2c[nH]c3ccc(F)cc23)c1F. The largest absolute Gasteiger partial charge is 0.396 e. The lowest BCUT2D eigenvalue weighted by molar-refractivity contribution is 0.103. The van der Waals surface area contributed by atoms with E-state index in [-0.39, 0.29) is 16.6 Å². The van der Waals surface area contributed by atoms with Gasteiger partial charge >= 0.3 is 0 Å². The number of aromatic nitrogens is 1. The minimum Gasteiger partial charge on any atom is -0.396 e. The Morgan fingerprint density at radius 2 is 1.86 bits per heavy atom. The molecule has 0 aliphatic carbocycles. The van der Waals surface area contributed by atoms with E-state index in [1.807, 2.05) is 0 Å². The average Bonchev–Trinajstić information content (AvgIpc) is 2.86. The van der Waals surface area contributed by atoms with Gasteiger partial charge in [-0.05, 0) is 30.3 Å². The average molecular weight is 290 g/mol. The van der Waals surface area contributed by atoms with Crippen LogP contribution < -0.4 is 5.73 Å². The first-order valence-corrected chi connectivity index (χ1v) is 6.04. The fraction of sp³-hybridized carbons (Fsp3) is 0. The molecule has 3 aromatic rings. The zero-order valence-electron chi connectivity index (χ0n) is 10.6. The number of nitrogens with one attached hydrogen (secondary N) is 1. The van der Waals surface area contributed by atoms with Crippen molar-refractivity contribution in [3.63, 3.8) is 0 Å². The Labute approximate surface area is 117 Å². The Morgan fingerprint density at radius 1 is 1.10 bits per heavy atom. The molecule has 3 rings (SSSR count). The smallest absolute Gasteiger partial charge is 0.201 e. The van der Waals surface area contributed by atoms with E-state index in [4.69, 9.17) is 5.73 Å². The molecular formula is C15H9F3N2O. The summed E-state index contributed by atoms with van der Waals surface area (Å²) in [7, 11) is 0. The van der Waals surface area contributed by atoms with E-state index in [1.165, 1.54) is 18.3 Å². The second-order valence-electron chi connectivity index (χ2n) is 4.55. The minimum atomic E-state index is -1.12. The normalized spacial score (nSPS) is 11.0. The van der Waals surface area contributed by atoms with Crippen LogP contribution in [-0.4, -0.2) is 10.8 Å². The molecule has 0 amide bonds. The summed E-state index contributed by atoms with van der Waals surface area (Å²) in [5, 5.41) is 0.251. The van der Waals surface area contributed by atoms with Gasteiger partial charge in [-0.2, -0.15) is 0 Å². The third kappa shape index (κ3) is 2.05. The first-order valence-electron chi connectivity index (χ1n) is 6.04. The molecule has 0 atom stereocenters. The third-order valence-corrected chi connectivity index (χ3v) is 3.24. The van der Waals surface area contributed by atoms with Gasteiger partial charge < -0.3 is 10.7 Å². The van der Waals surface area contributed by atoms with Crippen LogP contribution in [0.1, 0.15) is 15.9 Å². The number of ketones is 1. The van der Waals surface area contributed by atoms with E-state index in [0.29, 0.717) is 5.52 Å². The van der Waals surface area contributed by atoms with Crippen LogP contribution in [0.2, 0.25) is 0 Å². The van der Waals surface area contributed by atoms with Crippen molar-refractivity contribution in [1.82, 2.24) is 4.98 Å². The summed E-state index contributed by atoms with van der Waals surface area (Å²) in [5.74, 6) is -3.58. The number of carbonyl (C=O) groups excluding carboxylic acids is 1. The third-order valence-electron chi connectivity index (χ3n) is 3.24. The molecule has 0 spiro atoms. The van der Waals surface area contributed by atoms with E-state index >= 15 is 0 Å². The topological polar surface area (TPSA) is 58.9 Å². The fourth-order valence-electron chi connectivity index (χ4n) is 2.19. The van der Waals surface area contributed by atoms with Gasteiger partial charge in [0.2, 0.25) is 5.78 Å². The van der Waals surface area contributed by atoms with Crippen LogP contribution in [0.25, 0.3) is 10.9 Å². The van der Waals surface area contributed by atoms with Crippen LogP contribution in [0.4, 0.5) is 18.9 Å². The Morgan fingerprint density at radius 3 is 2.62 bits per heavy atom. The molecule has 0 bridgehead atoms. The van der Waals surface area contributed by atoms with Crippen molar-refractivity contribution < 1.29 is 18.0 Å². The summed E-state index contributed by atoms with van der Waals surface area (Å²) in [6, 6.07) is 5.74. The molecule has 6 heteroatoms. The summed E-state index contributed by atoms with van der Waals surface area (Å²) in [4.78, 5) is 15.1. The standard InChI is InChI=1S/C15H9F3N2O/c16-7-1-4-12-8(5-7)9(6-20-12)15(21)13-10(17)2-3-11(19)14(13)18/h1-6,20H,19H2. The molecule has 1 heterocycles. The number of nitrogens with two attached hydrogens (primary N) is 1. The van der Waals surface area contributed by atoms with Crippen molar-refractivity contribution in [3.8, 4) is 0 Å². The van der Waals surface area contributed by atoms with Gasteiger partial charge in [-0.1, -0.05) is 0 Å². The number of benzene rings is 2. The summed E-state index contributed by atoms with van der Waals surface area (Å²) in [5.41, 5.74) is 4.75. The highest BCUT2D eigenvalue weighted by Crippen LogP contribution is 2.26. The lowest BCUT2D eigenvalue weighted by atomic mass is 10.0. The molecule has 3 nitrogen and oxygen atoms in total. The highest BCUT2D eigenvalue weighted by molar-refractivity contribution is 6.16. The quantitative estimate of drug-likeness (QED) is 0.561. The van der Waals surface area contributed by atoms with Gasteiger partial charge in [0.25, 0.3) is 0 Å². The van der Waals surface area contributed by atoms with E-state index in [2.05, 4.69) is 4.98 Å². The predicted molar refractivity (Wildman–Crippen MR) is 72.5 cm³/mol. The number of anilines is 1. The Balaban J connectivity index is 2.22. The number of aromatic amines is 1. The molecule has 0 saturated heterocycles. The number of hydrogen-bond acceptors (Lipinski definition) is 2. The van der Waals surface area contributed by atoms with Gasteiger partial charge in [0, 0.05) is 22.7 Å². The van der Waals surface area contributed by atoms with E-state index in [1.54, 1.807) is 0 Å². The van der Waals surface area contributed by atoms with Gasteiger partial charge in [-0.3, -0.25) is 4.79 Å². The van der Waals surface area contributed by atoms with Gasteiger partial charge in [0.1, 0.15) is 11.6 Å². The molecule has 1 aromatic heterocycles. The summed E-state index contributed by atoms with van der Waals surface area (Å²) in [6.07, 6.45) is 1.29. The molecule has 0 aliphatic heterocycles. The maximum Gasteiger partial charge on any atom is 0.201 e. The van der Waals surface area contributed by atoms with Crippen LogP contribution in [0.3, 0.4) is 0 Å². The van der Waals surface area contributed by atoms with Crippen LogP contribution in [0.5, 0.6) is 0 Å². The highest BCUT2D eigenvalue weighted by atomic mass is 19.1. The summed E-state index contributed by atoms with van der Waals surface area (Å²) in [6.45, 7) is 0. The number of nitrogen functional groups attached to an aromatic ring is 1. The molecule has 0 radical (unpaired) electrons. The lowest BCUT2D eigenvalue weighted by Crippen LogP contribution is -2.09. The first kappa shape index (κ1) is 13.2. The van der Waals surface area contributed by atoms with Gasteiger partial charge in [-0.15, -0.1) is 0 Å². The lowest BCUT2D eigenvalue weighted by Gasteiger charge is -2.05. The maximum atomic E-state index is 13.9. The minimum absolute atomic E-state index is 0.0205. The molecule has 21 heavy (non-hydrogen) atoms. The van der Waals surface area contributed by atoms with Crippen molar-refractivity contribution >= 4 is 22.4 Å². The predicted octanol–water partition coefficient (Wildman–Crippen LogP) is 3.40. The van der Waals surface area contributed by atoms with Crippen LogP contribution >= 0.6 is 0 Å². The van der Waals surface area contributed by atoms with Crippen molar-refractivity contribution in [3.05, 3.63) is 65.1 Å². The second kappa shape index (κ2) is 4.66. The molecule has 106 valence electrons. The Hall–Kier alpha value is -2.76. The molecule has 3 N–H and O–H groups in total. The second-order valence-corrected chi connectivity index (χ2v) is 4.55. The van der Waals surface area contributed by atoms with Gasteiger partial charge in [0.15, 0.2) is 5.82 Å². The molecule has 0 saturated carbocycles. The monoisotopic (exact) mass is 290 g/mol. The summed E-state index contributed by atoms with van der Waals surface area (Å²) < 4.78 is 41.0. The van der Waals surface area contributed by atoms with Crippen molar-refractivity contribution in [2.45, 2.75) is 0 Å². The van der Waals surface area contributed by atoms with Crippen molar-refractivity contribution in [2.75, 3.05) is 5.73 Å². The first-order chi connectivity index (χ1) is 9.99. The van der Waals surface area contributed by atoms with Crippen LogP contribution in [0, 0.1) is 17.5 Å². The fourth-order valence-corrected chi connectivity index (χ4v) is 2.19. The zero-order chi connectivity index (χ0) is 15.1. The van der Waals surface area contributed by atoms with E-state index in [9.17, 15) is 18.0 Å². The molecule has 2 aromatic carbocycles. The number of fused-ring (bicyclic) bond motifs is 1. The Kier molecular flexibility index (Phi) is 2.94. The highest BCUT2D eigenvalue weighted by Gasteiger charge is 2.23. The number of H-pyrrole nitrogens is 1. The number of rotatable bonds is 2. The van der Waals surface area contributed by atoms with E-state index in [0.717, 1.165) is 18.2 Å².